The molecule has 0 aliphatic heterocycles. The van der Waals surface area contributed by atoms with Gasteiger partial charge in [0.15, 0.2) is 0 Å². The van der Waals surface area contributed by atoms with Gasteiger partial charge in [0.1, 0.15) is 5.75 Å². The first-order valence-electron chi connectivity index (χ1n) is 6.50. The lowest BCUT2D eigenvalue weighted by atomic mass is 10.1. The van der Waals surface area contributed by atoms with Gasteiger partial charge >= 0.3 is 0 Å². The number of ether oxygens (including phenoxy) is 1. The number of rotatable bonds is 4. The lowest BCUT2D eigenvalue weighted by Crippen LogP contribution is -2.14. The quantitative estimate of drug-likeness (QED) is 0.838. The van der Waals surface area contributed by atoms with Crippen molar-refractivity contribution in [3.05, 3.63) is 53.6 Å². The van der Waals surface area contributed by atoms with Crippen molar-refractivity contribution in [3.8, 4) is 5.75 Å². The van der Waals surface area contributed by atoms with E-state index in [1.165, 1.54) is 0 Å². The highest BCUT2D eigenvalue weighted by Crippen LogP contribution is 2.20. The molecule has 2 rings (SSSR count). The Labute approximate surface area is 118 Å². The maximum atomic E-state index is 12.2. The Morgan fingerprint density at radius 1 is 1.25 bits per heavy atom. The van der Waals surface area contributed by atoms with Crippen molar-refractivity contribution in [2.45, 2.75) is 13.8 Å². The molecule has 2 aromatic rings. The minimum atomic E-state index is -0.222. The second-order valence-electron chi connectivity index (χ2n) is 4.51. The summed E-state index contributed by atoms with van der Waals surface area (Å²) in [4.78, 5) is 12.2. The van der Waals surface area contributed by atoms with Crippen molar-refractivity contribution in [3.63, 3.8) is 0 Å². The molecule has 0 fully saturated rings. The number of anilines is 2. The number of carbonyl (C=O) groups excluding carboxylic acids is 1. The molecular weight excluding hydrogens is 252 g/mol. The van der Waals surface area contributed by atoms with E-state index in [-0.39, 0.29) is 5.91 Å². The standard InChI is InChI=1S/C16H18N2O2/c1-3-20-13-6-4-5-12(10-13)18-16(19)14-9-11(2)7-8-15(14)17/h4-10H,3,17H2,1-2H3,(H,18,19). The first-order valence-corrected chi connectivity index (χ1v) is 6.50. The molecule has 0 bridgehead atoms. The Balaban J connectivity index is 2.19. The zero-order valence-electron chi connectivity index (χ0n) is 11.6. The molecular formula is C16H18N2O2. The molecule has 0 atom stereocenters. The van der Waals surface area contributed by atoms with Crippen LogP contribution in [0.25, 0.3) is 0 Å². The van der Waals surface area contributed by atoms with Gasteiger partial charge in [-0.05, 0) is 38.1 Å². The summed E-state index contributed by atoms with van der Waals surface area (Å²) in [5, 5.41) is 2.83. The molecule has 0 aliphatic rings. The van der Waals surface area contributed by atoms with Crippen LogP contribution in [0, 0.1) is 6.92 Å². The number of nitrogen functional groups attached to an aromatic ring is 1. The number of amides is 1. The largest absolute Gasteiger partial charge is 0.494 e. The summed E-state index contributed by atoms with van der Waals surface area (Å²) >= 11 is 0. The molecule has 0 unspecified atom stereocenters. The predicted octanol–water partition coefficient (Wildman–Crippen LogP) is 3.23. The molecule has 0 spiro atoms. The van der Waals surface area contributed by atoms with Crippen LogP contribution in [0.2, 0.25) is 0 Å². The van der Waals surface area contributed by atoms with Gasteiger partial charge in [0.05, 0.1) is 12.2 Å². The summed E-state index contributed by atoms with van der Waals surface area (Å²) in [5.41, 5.74) is 8.46. The fourth-order valence-corrected chi connectivity index (χ4v) is 1.90. The van der Waals surface area contributed by atoms with Gasteiger partial charge in [-0.3, -0.25) is 4.79 Å². The lowest BCUT2D eigenvalue weighted by molar-refractivity contribution is 0.102. The van der Waals surface area contributed by atoms with Gasteiger partial charge in [-0.15, -0.1) is 0 Å². The van der Waals surface area contributed by atoms with Crippen molar-refractivity contribution in [1.82, 2.24) is 0 Å². The number of hydrogen-bond acceptors (Lipinski definition) is 3. The van der Waals surface area contributed by atoms with E-state index in [1.807, 2.05) is 38.1 Å². The number of hydrogen-bond donors (Lipinski definition) is 2. The zero-order valence-corrected chi connectivity index (χ0v) is 11.6. The van der Waals surface area contributed by atoms with Gasteiger partial charge in [0, 0.05) is 17.4 Å². The van der Waals surface area contributed by atoms with E-state index in [0.717, 1.165) is 11.3 Å². The van der Waals surface area contributed by atoms with Gasteiger partial charge in [-0.25, -0.2) is 0 Å². The van der Waals surface area contributed by atoms with E-state index in [1.54, 1.807) is 18.2 Å². The van der Waals surface area contributed by atoms with Crippen LogP contribution in [0.4, 0.5) is 11.4 Å². The van der Waals surface area contributed by atoms with Crippen LogP contribution in [0.15, 0.2) is 42.5 Å². The highest BCUT2D eigenvalue weighted by molar-refractivity contribution is 6.07. The summed E-state index contributed by atoms with van der Waals surface area (Å²) in [6, 6.07) is 12.7. The van der Waals surface area contributed by atoms with Gasteiger partial charge in [0.2, 0.25) is 0 Å². The van der Waals surface area contributed by atoms with Gasteiger partial charge in [0.25, 0.3) is 5.91 Å². The fraction of sp³-hybridized carbons (Fsp3) is 0.188. The molecule has 1 amide bonds. The molecule has 0 heterocycles. The average Bonchev–Trinajstić information content (AvgIpc) is 2.42. The van der Waals surface area contributed by atoms with Crippen molar-refractivity contribution >= 4 is 17.3 Å². The topological polar surface area (TPSA) is 64.3 Å². The molecule has 0 saturated heterocycles. The number of nitrogens with two attached hydrogens (primary N) is 1. The zero-order chi connectivity index (χ0) is 14.5. The van der Waals surface area contributed by atoms with Crippen LogP contribution in [-0.4, -0.2) is 12.5 Å². The Hall–Kier alpha value is -2.49. The number of carbonyl (C=O) groups is 1. The van der Waals surface area contributed by atoms with E-state index in [0.29, 0.717) is 23.5 Å². The van der Waals surface area contributed by atoms with Gasteiger partial charge in [-0.2, -0.15) is 0 Å². The highest BCUT2D eigenvalue weighted by Gasteiger charge is 2.10. The smallest absolute Gasteiger partial charge is 0.257 e. The number of nitrogens with one attached hydrogen (secondary N) is 1. The van der Waals surface area contributed by atoms with Gasteiger partial charge in [-0.1, -0.05) is 17.7 Å². The Morgan fingerprint density at radius 3 is 2.80 bits per heavy atom. The molecule has 104 valence electrons. The molecule has 20 heavy (non-hydrogen) atoms. The van der Waals surface area contributed by atoms with E-state index in [9.17, 15) is 4.79 Å². The molecule has 4 nitrogen and oxygen atoms in total. The van der Waals surface area contributed by atoms with Crippen LogP contribution in [0.5, 0.6) is 5.75 Å². The van der Waals surface area contributed by atoms with E-state index in [2.05, 4.69) is 5.32 Å². The number of aryl methyl sites for hydroxylation is 1. The fourth-order valence-electron chi connectivity index (χ4n) is 1.90. The monoisotopic (exact) mass is 270 g/mol. The lowest BCUT2D eigenvalue weighted by Gasteiger charge is -2.10. The number of benzene rings is 2. The molecule has 0 aliphatic carbocycles. The Kier molecular flexibility index (Phi) is 4.25. The van der Waals surface area contributed by atoms with Crippen LogP contribution < -0.4 is 15.8 Å². The van der Waals surface area contributed by atoms with Crippen molar-refractivity contribution in [1.29, 1.82) is 0 Å². The first-order chi connectivity index (χ1) is 9.60. The van der Waals surface area contributed by atoms with Crippen molar-refractivity contribution in [2.24, 2.45) is 0 Å². The van der Waals surface area contributed by atoms with Crippen LogP contribution in [0.3, 0.4) is 0 Å². The third-order valence-corrected chi connectivity index (χ3v) is 2.86. The Morgan fingerprint density at radius 2 is 2.05 bits per heavy atom. The van der Waals surface area contributed by atoms with Crippen molar-refractivity contribution in [2.75, 3.05) is 17.7 Å². The molecule has 0 aromatic heterocycles. The second kappa shape index (κ2) is 6.10. The summed E-state index contributed by atoms with van der Waals surface area (Å²) in [6.07, 6.45) is 0. The van der Waals surface area contributed by atoms with Crippen LogP contribution in [-0.2, 0) is 0 Å². The maximum Gasteiger partial charge on any atom is 0.257 e. The van der Waals surface area contributed by atoms with Crippen molar-refractivity contribution < 1.29 is 9.53 Å². The average molecular weight is 270 g/mol. The Bertz CT molecular complexity index is 624. The first kappa shape index (κ1) is 13.9. The summed E-state index contributed by atoms with van der Waals surface area (Å²) in [5.74, 6) is 0.502. The summed E-state index contributed by atoms with van der Waals surface area (Å²) in [6.45, 7) is 4.42. The summed E-state index contributed by atoms with van der Waals surface area (Å²) in [7, 11) is 0. The second-order valence-corrected chi connectivity index (χ2v) is 4.51. The minimum Gasteiger partial charge on any atom is -0.494 e. The molecule has 4 heteroatoms. The molecule has 3 N–H and O–H groups in total. The maximum absolute atomic E-state index is 12.2. The van der Waals surface area contributed by atoms with E-state index >= 15 is 0 Å². The molecule has 0 saturated carbocycles. The SMILES string of the molecule is CCOc1cccc(NC(=O)c2cc(C)ccc2N)c1. The molecule has 0 radical (unpaired) electrons. The summed E-state index contributed by atoms with van der Waals surface area (Å²) < 4.78 is 5.40. The van der Waals surface area contributed by atoms with E-state index < -0.39 is 0 Å². The normalized spacial score (nSPS) is 10.1. The minimum absolute atomic E-state index is 0.222. The van der Waals surface area contributed by atoms with E-state index in [4.69, 9.17) is 10.5 Å². The van der Waals surface area contributed by atoms with Gasteiger partial charge < -0.3 is 15.8 Å². The predicted molar refractivity (Wildman–Crippen MR) is 81.2 cm³/mol. The third-order valence-electron chi connectivity index (χ3n) is 2.86. The molecule has 2 aromatic carbocycles. The van der Waals surface area contributed by atoms with Crippen LogP contribution in [0.1, 0.15) is 22.8 Å². The van der Waals surface area contributed by atoms with Crippen LogP contribution >= 0.6 is 0 Å². The highest BCUT2D eigenvalue weighted by atomic mass is 16.5. The third kappa shape index (κ3) is 3.29.